The number of nitrogens with zero attached hydrogens (tertiary/aromatic N) is 1. The highest BCUT2D eigenvalue weighted by Gasteiger charge is 2.34. The number of hydrogen-bond acceptors (Lipinski definition) is 2. The number of halogens is 4. The smallest absolute Gasteiger partial charge is 0.163 e. The predicted molar refractivity (Wildman–Crippen MR) is 87.5 cm³/mol. The van der Waals surface area contributed by atoms with Gasteiger partial charge >= 0.3 is 0 Å². The number of nitrogens with one attached hydrogen (secondary N) is 1. The summed E-state index contributed by atoms with van der Waals surface area (Å²) in [7, 11) is 0. The number of benzene rings is 1. The van der Waals surface area contributed by atoms with Crippen LogP contribution in [0, 0.1) is 17.0 Å². The molecule has 1 atom stereocenters. The van der Waals surface area contributed by atoms with Crippen LogP contribution < -0.4 is 5.32 Å². The molecular weight excluding hydrogens is 317 g/mol. The SMILES string of the molecule is CC(C)(C)[C@H](c1cccc(F)c1F)N1CCNCC1.Cl.Cl. The van der Waals surface area contributed by atoms with E-state index >= 15 is 0 Å². The van der Waals surface area contributed by atoms with Gasteiger partial charge in [-0.1, -0.05) is 32.9 Å². The molecule has 0 unspecified atom stereocenters. The second-order valence-corrected chi connectivity index (χ2v) is 6.20. The monoisotopic (exact) mass is 340 g/mol. The highest BCUT2D eigenvalue weighted by Crippen LogP contribution is 2.39. The molecule has 0 saturated carbocycles. The molecule has 1 N–H and O–H groups in total. The highest BCUT2D eigenvalue weighted by atomic mass is 35.5. The first-order valence-corrected chi connectivity index (χ1v) is 6.80. The minimum atomic E-state index is -0.762. The van der Waals surface area contributed by atoms with E-state index < -0.39 is 11.6 Å². The van der Waals surface area contributed by atoms with Gasteiger partial charge < -0.3 is 5.32 Å². The first kappa shape index (κ1) is 20.6. The van der Waals surface area contributed by atoms with Crippen LogP contribution in [0.3, 0.4) is 0 Å². The molecule has 0 amide bonds. The van der Waals surface area contributed by atoms with Crippen molar-refractivity contribution in [1.82, 2.24) is 10.2 Å². The first-order chi connectivity index (χ1) is 8.91. The lowest BCUT2D eigenvalue weighted by Gasteiger charge is -2.42. The van der Waals surface area contributed by atoms with Gasteiger partial charge in [0.2, 0.25) is 0 Å². The molecule has 6 heteroatoms. The summed E-state index contributed by atoms with van der Waals surface area (Å²) >= 11 is 0. The molecule has 1 saturated heterocycles. The van der Waals surface area contributed by atoms with Gasteiger partial charge in [-0.3, -0.25) is 4.90 Å². The summed E-state index contributed by atoms with van der Waals surface area (Å²) in [5.74, 6) is -1.47. The lowest BCUT2D eigenvalue weighted by Crippen LogP contribution is -2.48. The summed E-state index contributed by atoms with van der Waals surface area (Å²) in [5.41, 5.74) is 0.320. The van der Waals surface area contributed by atoms with E-state index in [1.165, 1.54) is 6.07 Å². The van der Waals surface area contributed by atoms with E-state index in [0.717, 1.165) is 26.2 Å². The average Bonchev–Trinajstić information content (AvgIpc) is 2.35. The van der Waals surface area contributed by atoms with Crippen LogP contribution >= 0.6 is 24.8 Å². The molecule has 2 nitrogen and oxygen atoms in total. The van der Waals surface area contributed by atoms with Crippen LogP contribution in [0.25, 0.3) is 0 Å². The predicted octanol–water partition coefficient (Wildman–Crippen LogP) is 3.80. The summed E-state index contributed by atoms with van der Waals surface area (Å²) in [5, 5.41) is 3.29. The quantitative estimate of drug-likeness (QED) is 0.880. The van der Waals surface area contributed by atoms with Gasteiger partial charge in [0.15, 0.2) is 11.6 Å². The second-order valence-electron chi connectivity index (χ2n) is 6.20. The fourth-order valence-corrected chi connectivity index (χ4v) is 2.88. The van der Waals surface area contributed by atoms with E-state index in [0.29, 0.717) is 5.56 Å². The van der Waals surface area contributed by atoms with E-state index in [1.54, 1.807) is 12.1 Å². The molecule has 1 heterocycles. The lowest BCUT2D eigenvalue weighted by atomic mass is 9.80. The summed E-state index contributed by atoms with van der Waals surface area (Å²) in [6, 6.07) is 4.37. The maximum Gasteiger partial charge on any atom is 0.163 e. The van der Waals surface area contributed by atoms with Crippen molar-refractivity contribution in [3.05, 3.63) is 35.4 Å². The minimum absolute atomic E-state index is 0. The van der Waals surface area contributed by atoms with Gasteiger partial charge in [-0.25, -0.2) is 8.78 Å². The van der Waals surface area contributed by atoms with Crippen LogP contribution in [0.5, 0.6) is 0 Å². The van der Waals surface area contributed by atoms with Gasteiger partial charge in [-0.05, 0) is 11.5 Å². The maximum atomic E-state index is 14.1. The fraction of sp³-hybridized carbons (Fsp3) is 0.600. The first-order valence-electron chi connectivity index (χ1n) is 6.80. The number of hydrogen-bond donors (Lipinski definition) is 1. The molecule has 0 bridgehead atoms. The molecule has 1 fully saturated rings. The molecule has 21 heavy (non-hydrogen) atoms. The third-order valence-electron chi connectivity index (χ3n) is 3.61. The number of piperazine rings is 1. The molecule has 0 aliphatic carbocycles. The van der Waals surface area contributed by atoms with Crippen molar-refractivity contribution in [3.8, 4) is 0 Å². The molecule has 1 aromatic rings. The van der Waals surface area contributed by atoms with Gasteiger partial charge in [-0.2, -0.15) is 0 Å². The van der Waals surface area contributed by atoms with Crippen molar-refractivity contribution < 1.29 is 8.78 Å². The highest BCUT2D eigenvalue weighted by molar-refractivity contribution is 5.85. The van der Waals surface area contributed by atoms with Crippen molar-refractivity contribution in [2.45, 2.75) is 26.8 Å². The van der Waals surface area contributed by atoms with E-state index in [-0.39, 0.29) is 36.3 Å². The molecule has 1 aromatic carbocycles. The van der Waals surface area contributed by atoms with E-state index in [4.69, 9.17) is 0 Å². The van der Waals surface area contributed by atoms with Gasteiger partial charge in [0.05, 0.1) is 0 Å². The van der Waals surface area contributed by atoms with Crippen molar-refractivity contribution in [2.75, 3.05) is 26.2 Å². The third-order valence-corrected chi connectivity index (χ3v) is 3.61. The minimum Gasteiger partial charge on any atom is -0.314 e. The Kier molecular flexibility index (Phi) is 8.11. The van der Waals surface area contributed by atoms with Crippen molar-refractivity contribution >= 4 is 24.8 Å². The largest absolute Gasteiger partial charge is 0.314 e. The average molecular weight is 341 g/mol. The van der Waals surface area contributed by atoms with Crippen molar-refractivity contribution in [2.24, 2.45) is 5.41 Å². The molecular formula is C15H24Cl2F2N2. The Bertz CT molecular complexity index is 444. The zero-order valence-corrected chi connectivity index (χ0v) is 14.3. The summed E-state index contributed by atoms with van der Waals surface area (Å²) in [6.07, 6.45) is 0. The molecule has 0 spiro atoms. The standard InChI is InChI=1S/C15H22F2N2.2ClH/c1-15(2,3)14(19-9-7-18-8-10-19)11-5-4-6-12(16)13(11)17;;/h4-6,14,18H,7-10H2,1-3H3;2*1H/t14-;;/m0../s1. The Morgan fingerprint density at radius 2 is 1.67 bits per heavy atom. The zero-order chi connectivity index (χ0) is 14.0. The van der Waals surface area contributed by atoms with Gasteiger partial charge in [0.25, 0.3) is 0 Å². The topological polar surface area (TPSA) is 15.3 Å². The Hall–Kier alpha value is -0.420. The van der Waals surface area contributed by atoms with E-state index in [2.05, 4.69) is 31.0 Å². The number of rotatable bonds is 2. The van der Waals surface area contributed by atoms with E-state index in [9.17, 15) is 8.78 Å². The van der Waals surface area contributed by atoms with Crippen LogP contribution in [-0.4, -0.2) is 31.1 Å². The van der Waals surface area contributed by atoms with Crippen LogP contribution in [0.2, 0.25) is 0 Å². The molecule has 2 rings (SSSR count). The Morgan fingerprint density at radius 3 is 2.19 bits per heavy atom. The van der Waals surface area contributed by atoms with Crippen LogP contribution in [0.1, 0.15) is 32.4 Å². The molecule has 1 aliphatic heterocycles. The molecule has 0 aromatic heterocycles. The lowest BCUT2D eigenvalue weighted by molar-refractivity contribution is 0.0829. The van der Waals surface area contributed by atoms with Crippen LogP contribution in [-0.2, 0) is 0 Å². The van der Waals surface area contributed by atoms with Gasteiger partial charge in [0.1, 0.15) is 0 Å². The summed E-state index contributed by atoms with van der Waals surface area (Å²) in [4.78, 5) is 2.24. The maximum absolute atomic E-state index is 14.1. The Balaban J connectivity index is 0.00000200. The third kappa shape index (κ3) is 4.78. The van der Waals surface area contributed by atoms with Crippen molar-refractivity contribution in [3.63, 3.8) is 0 Å². The van der Waals surface area contributed by atoms with Crippen LogP contribution in [0.15, 0.2) is 18.2 Å². The Morgan fingerprint density at radius 1 is 1.10 bits per heavy atom. The summed E-state index contributed by atoms with van der Waals surface area (Å²) < 4.78 is 27.6. The second kappa shape index (κ2) is 8.28. The molecule has 1 aliphatic rings. The van der Waals surface area contributed by atoms with E-state index in [1.807, 2.05) is 0 Å². The summed E-state index contributed by atoms with van der Waals surface area (Å²) in [6.45, 7) is 9.72. The zero-order valence-electron chi connectivity index (χ0n) is 12.7. The van der Waals surface area contributed by atoms with Gasteiger partial charge in [-0.15, -0.1) is 24.8 Å². The fourth-order valence-electron chi connectivity index (χ4n) is 2.88. The molecule has 122 valence electrons. The normalized spacial score (nSPS) is 17.6. The Labute approximate surface area is 138 Å². The van der Waals surface area contributed by atoms with Crippen molar-refractivity contribution in [1.29, 1.82) is 0 Å². The van der Waals surface area contributed by atoms with Crippen LogP contribution in [0.4, 0.5) is 8.78 Å². The van der Waals surface area contributed by atoms with Gasteiger partial charge in [0, 0.05) is 37.8 Å². The molecule has 0 radical (unpaired) electrons.